The number of hydrogen-bond acceptors (Lipinski definition) is 4. The van der Waals surface area contributed by atoms with E-state index in [1.165, 1.54) is 6.20 Å². The Bertz CT molecular complexity index is 1230. The molecule has 0 saturated heterocycles. The van der Waals surface area contributed by atoms with Gasteiger partial charge in [0.15, 0.2) is 11.9 Å². The predicted molar refractivity (Wildman–Crippen MR) is 123 cm³/mol. The van der Waals surface area contributed by atoms with Crippen molar-refractivity contribution >= 4 is 27.5 Å². The summed E-state index contributed by atoms with van der Waals surface area (Å²) in [5, 5.41) is 1.03. The summed E-state index contributed by atoms with van der Waals surface area (Å²) >= 11 is 1.66. The number of benzene rings is 3. The van der Waals surface area contributed by atoms with Crippen LogP contribution in [0.1, 0.15) is 5.56 Å². The smallest absolute Gasteiger partial charge is 0.154 e. The van der Waals surface area contributed by atoms with Crippen molar-refractivity contribution in [3.8, 4) is 33.4 Å². The fourth-order valence-electron chi connectivity index (χ4n) is 3.10. The molecule has 148 valence electrons. The Balaban J connectivity index is 1.77. The standard InChI is InChI=1S/C25H19NO3S/c1-26-15-14-17-4-8-20(9-5-17)29-24-22-13-12-21(28-3)16-23(22)30-25(24)18-6-10-19(27-2)11-7-18/h4-16H,2-3H3/b15-14+. The second kappa shape index (κ2) is 8.73. The molecule has 0 fully saturated rings. The molecule has 0 spiro atoms. The topological polar surface area (TPSA) is 32.0 Å². The molecule has 0 unspecified atom stereocenters. The van der Waals surface area contributed by atoms with Crippen LogP contribution in [-0.2, 0) is 0 Å². The number of ether oxygens (including phenoxy) is 3. The van der Waals surface area contributed by atoms with E-state index in [-0.39, 0.29) is 0 Å². The Morgan fingerprint density at radius 2 is 1.50 bits per heavy atom. The third-order valence-corrected chi connectivity index (χ3v) is 5.83. The van der Waals surface area contributed by atoms with Gasteiger partial charge in [0.25, 0.3) is 0 Å². The molecule has 0 N–H and O–H groups in total. The maximum atomic E-state index is 6.86. The highest BCUT2D eigenvalue weighted by Crippen LogP contribution is 2.47. The van der Waals surface area contributed by atoms with E-state index < -0.39 is 0 Å². The van der Waals surface area contributed by atoms with Gasteiger partial charge in [0.2, 0.25) is 0 Å². The van der Waals surface area contributed by atoms with E-state index in [4.69, 9.17) is 20.8 Å². The number of hydrogen-bond donors (Lipinski definition) is 0. The lowest BCUT2D eigenvalue weighted by atomic mass is 10.1. The summed E-state index contributed by atoms with van der Waals surface area (Å²) in [6.07, 6.45) is 3.21. The molecule has 1 heterocycles. The van der Waals surface area contributed by atoms with E-state index in [1.807, 2.05) is 66.7 Å². The quantitative estimate of drug-likeness (QED) is 0.312. The van der Waals surface area contributed by atoms with Crippen molar-refractivity contribution in [3.63, 3.8) is 0 Å². The average Bonchev–Trinajstić information content (AvgIpc) is 3.16. The lowest BCUT2D eigenvalue weighted by Gasteiger charge is -2.09. The van der Waals surface area contributed by atoms with E-state index in [1.54, 1.807) is 31.6 Å². The van der Waals surface area contributed by atoms with Crippen molar-refractivity contribution in [1.29, 1.82) is 0 Å². The average molecular weight is 413 g/mol. The van der Waals surface area contributed by atoms with Gasteiger partial charge in [0.1, 0.15) is 17.2 Å². The van der Waals surface area contributed by atoms with Crippen LogP contribution in [0.15, 0.2) is 72.9 Å². The van der Waals surface area contributed by atoms with Gasteiger partial charge in [0.05, 0.1) is 25.7 Å². The zero-order chi connectivity index (χ0) is 20.9. The van der Waals surface area contributed by atoms with E-state index in [9.17, 15) is 0 Å². The highest BCUT2D eigenvalue weighted by molar-refractivity contribution is 7.22. The van der Waals surface area contributed by atoms with Gasteiger partial charge in [0, 0.05) is 10.1 Å². The molecular formula is C25H19NO3S. The lowest BCUT2D eigenvalue weighted by molar-refractivity contribution is 0.415. The van der Waals surface area contributed by atoms with Crippen LogP contribution in [0, 0.1) is 6.57 Å². The first-order valence-corrected chi connectivity index (χ1v) is 10.1. The Hall–Kier alpha value is -3.75. The van der Waals surface area contributed by atoms with Crippen molar-refractivity contribution in [1.82, 2.24) is 0 Å². The highest BCUT2D eigenvalue weighted by atomic mass is 32.1. The summed E-state index contributed by atoms with van der Waals surface area (Å²) in [6.45, 7) is 6.86. The maximum Gasteiger partial charge on any atom is 0.154 e. The van der Waals surface area contributed by atoms with E-state index in [2.05, 4.69) is 4.85 Å². The minimum atomic E-state index is 0.736. The van der Waals surface area contributed by atoms with Crippen molar-refractivity contribution in [2.45, 2.75) is 0 Å². The van der Waals surface area contributed by atoms with Gasteiger partial charge in [-0.2, -0.15) is 0 Å². The van der Waals surface area contributed by atoms with Gasteiger partial charge < -0.3 is 14.2 Å². The number of thiophene rings is 1. The lowest BCUT2D eigenvalue weighted by Crippen LogP contribution is -1.87. The molecule has 0 amide bonds. The SMILES string of the molecule is [C-]#[N+]/C=C/c1ccc(Oc2c(-c3ccc(OC)cc3)sc3cc(OC)ccc23)cc1. The number of rotatable bonds is 6. The van der Waals surface area contributed by atoms with Crippen molar-refractivity contribution in [2.24, 2.45) is 0 Å². The van der Waals surface area contributed by atoms with E-state index >= 15 is 0 Å². The summed E-state index contributed by atoms with van der Waals surface area (Å²) in [6, 6.07) is 21.6. The fraction of sp³-hybridized carbons (Fsp3) is 0.0800. The summed E-state index contributed by atoms with van der Waals surface area (Å²) < 4.78 is 18.1. The number of nitrogens with zero attached hydrogens (tertiary/aromatic N) is 1. The Morgan fingerprint density at radius 1 is 0.833 bits per heavy atom. The largest absolute Gasteiger partial charge is 0.497 e. The molecule has 0 saturated carbocycles. The molecule has 4 aromatic rings. The summed E-state index contributed by atoms with van der Waals surface area (Å²) in [7, 11) is 3.33. The van der Waals surface area contributed by atoms with Crippen LogP contribution in [0.2, 0.25) is 0 Å². The van der Waals surface area contributed by atoms with E-state index in [0.29, 0.717) is 0 Å². The first-order chi connectivity index (χ1) is 14.7. The van der Waals surface area contributed by atoms with Gasteiger partial charge in [-0.3, -0.25) is 0 Å². The fourth-order valence-corrected chi connectivity index (χ4v) is 4.27. The van der Waals surface area contributed by atoms with Gasteiger partial charge in [-0.05, 0) is 65.7 Å². The van der Waals surface area contributed by atoms with Crippen LogP contribution in [-0.4, -0.2) is 14.2 Å². The van der Waals surface area contributed by atoms with Crippen LogP contribution in [0.4, 0.5) is 0 Å². The molecule has 3 aromatic carbocycles. The second-order valence-electron chi connectivity index (χ2n) is 6.47. The molecule has 30 heavy (non-hydrogen) atoms. The normalized spacial score (nSPS) is 10.8. The van der Waals surface area contributed by atoms with Gasteiger partial charge in [-0.1, -0.05) is 18.2 Å². The molecule has 0 radical (unpaired) electrons. The van der Waals surface area contributed by atoms with Crippen molar-refractivity contribution in [2.75, 3.05) is 14.2 Å². The van der Waals surface area contributed by atoms with Crippen molar-refractivity contribution in [3.05, 3.63) is 89.9 Å². The molecule has 0 bridgehead atoms. The highest BCUT2D eigenvalue weighted by Gasteiger charge is 2.17. The number of fused-ring (bicyclic) bond motifs is 1. The Morgan fingerprint density at radius 3 is 2.17 bits per heavy atom. The molecule has 1 aromatic heterocycles. The van der Waals surface area contributed by atoms with Crippen LogP contribution in [0.3, 0.4) is 0 Å². The third-order valence-electron chi connectivity index (χ3n) is 4.65. The first-order valence-electron chi connectivity index (χ1n) is 9.28. The summed E-state index contributed by atoms with van der Waals surface area (Å²) in [5.74, 6) is 3.17. The third kappa shape index (κ3) is 4.00. The monoisotopic (exact) mass is 413 g/mol. The van der Waals surface area contributed by atoms with Crippen LogP contribution < -0.4 is 14.2 Å². The summed E-state index contributed by atoms with van der Waals surface area (Å²) in [5.41, 5.74) is 2.01. The second-order valence-corrected chi connectivity index (χ2v) is 7.52. The maximum absolute atomic E-state index is 6.86. The van der Waals surface area contributed by atoms with Crippen molar-refractivity contribution < 1.29 is 14.2 Å². The molecule has 0 aliphatic rings. The first kappa shape index (κ1) is 19.6. The number of methoxy groups -OCH3 is 2. The Labute approximate surface area is 179 Å². The molecule has 0 aliphatic heterocycles. The van der Waals surface area contributed by atoms with Crippen LogP contribution in [0.5, 0.6) is 23.0 Å². The van der Waals surface area contributed by atoms with E-state index in [0.717, 1.165) is 49.1 Å². The Kier molecular flexibility index (Phi) is 5.69. The molecular weight excluding hydrogens is 394 g/mol. The molecule has 5 heteroatoms. The zero-order valence-corrected chi connectivity index (χ0v) is 17.4. The van der Waals surface area contributed by atoms with Gasteiger partial charge >= 0.3 is 0 Å². The van der Waals surface area contributed by atoms with Crippen LogP contribution in [0.25, 0.3) is 31.4 Å². The zero-order valence-electron chi connectivity index (χ0n) is 16.6. The summed E-state index contributed by atoms with van der Waals surface area (Å²) in [4.78, 5) is 4.28. The predicted octanol–water partition coefficient (Wildman–Crippen LogP) is 7.27. The van der Waals surface area contributed by atoms with Gasteiger partial charge in [-0.15, -0.1) is 11.3 Å². The molecule has 0 aliphatic carbocycles. The van der Waals surface area contributed by atoms with Gasteiger partial charge in [-0.25, -0.2) is 4.85 Å². The minimum Gasteiger partial charge on any atom is -0.497 e. The molecule has 0 atom stereocenters. The minimum absolute atomic E-state index is 0.736. The molecule has 4 rings (SSSR count). The molecule has 4 nitrogen and oxygen atoms in total. The van der Waals surface area contributed by atoms with Crippen LogP contribution >= 0.6 is 11.3 Å².